The molecule has 2 heterocycles. The number of hydrogen-bond acceptors (Lipinski definition) is 2. The van der Waals surface area contributed by atoms with E-state index < -0.39 is 11.7 Å². The standard InChI is InChI=1S/C18H17ClF3N3/c19-15-10-24-8-6-13(15)17-12(3-1-2-7-23)14-9-11(18(20,21)22)4-5-16(14)25-17/h4-6,8-10,25H,1-3,7,23H2. The van der Waals surface area contributed by atoms with Crippen LogP contribution in [0.15, 0.2) is 36.7 Å². The number of pyridine rings is 1. The van der Waals surface area contributed by atoms with E-state index in [0.717, 1.165) is 35.7 Å². The van der Waals surface area contributed by atoms with Crippen LogP contribution in [-0.4, -0.2) is 16.5 Å². The molecule has 0 amide bonds. The molecule has 132 valence electrons. The second-order valence-electron chi connectivity index (χ2n) is 5.84. The monoisotopic (exact) mass is 367 g/mol. The number of aryl methyl sites for hydroxylation is 1. The molecule has 0 atom stereocenters. The minimum atomic E-state index is -4.38. The van der Waals surface area contributed by atoms with Gasteiger partial charge >= 0.3 is 6.18 Å². The number of rotatable bonds is 5. The van der Waals surface area contributed by atoms with E-state index in [4.69, 9.17) is 17.3 Å². The molecule has 0 unspecified atom stereocenters. The number of halogens is 4. The Hall–Kier alpha value is -2.05. The van der Waals surface area contributed by atoms with Crippen molar-refractivity contribution in [2.24, 2.45) is 5.73 Å². The summed E-state index contributed by atoms with van der Waals surface area (Å²) in [6.45, 7) is 0.543. The molecule has 0 bridgehead atoms. The maximum Gasteiger partial charge on any atom is 0.416 e. The Morgan fingerprint density at radius 1 is 1.16 bits per heavy atom. The summed E-state index contributed by atoms with van der Waals surface area (Å²) in [6.07, 6.45) is 0.955. The molecular weight excluding hydrogens is 351 g/mol. The highest BCUT2D eigenvalue weighted by Crippen LogP contribution is 2.38. The predicted molar refractivity (Wildman–Crippen MR) is 93.5 cm³/mol. The van der Waals surface area contributed by atoms with Gasteiger partial charge in [-0.1, -0.05) is 11.6 Å². The minimum Gasteiger partial charge on any atom is -0.354 e. The predicted octanol–water partition coefficient (Wildman–Crippen LogP) is 5.18. The minimum absolute atomic E-state index is 0.449. The molecule has 0 saturated carbocycles. The van der Waals surface area contributed by atoms with Crippen molar-refractivity contribution in [3.63, 3.8) is 0 Å². The molecule has 2 aromatic heterocycles. The van der Waals surface area contributed by atoms with Gasteiger partial charge in [-0.3, -0.25) is 4.98 Å². The Morgan fingerprint density at radius 3 is 2.64 bits per heavy atom. The molecule has 25 heavy (non-hydrogen) atoms. The first-order chi connectivity index (χ1) is 11.9. The number of nitrogens with one attached hydrogen (secondary N) is 1. The van der Waals surface area contributed by atoms with Gasteiger partial charge in [0.15, 0.2) is 0 Å². The van der Waals surface area contributed by atoms with E-state index in [-0.39, 0.29) is 0 Å². The third kappa shape index (κ3) is 3.65. The van der Waals surface area contributed by atoms with E-state index in [2.05, 4.69) is 9.97 Å². The molecule has 0 fully saturated rings. The van der Waals surface area contributed by atoms with Gasteiger partial charge in [0.1, 0.15) is 0 Å². The van der Waals surface area contributed by atoms with Crippen LogP contribution >= 0.6 is 11.6 Å². The zero-order valence-electron chi connectivity index (χ0n) is 13.3. The van der Waals surface area contributed by atoms with E-state index >= 15 is 0 Å². The molecule has 0 saturated heterocycles. The summed E-state index contributed by atoms with van der Waals surface area (Å²) in [7, 11) is 0. The summed E-state index contributed by atoms with van der Waals surface area (Å²) in [5.41, 5.74) is 7.82. The Kier molecular flexibility index (Phi) is 5.01. The lowest BCUT2D eigenvalue weighted by Gasteiger charge is -2.08. The molecular formula is C18H17ClF3N3. The summed E-state index contributed by atoms with van der Waals surface area (Å²) in [5, 5.41) is 1.01. The Balaban J connectivity index is 2.18. The number of alkyl halides is 3. The zero-order chi connectivity index (χ0) is 18.0. The number of unbranched alkanes of at least 4 members (excludes halogenated alkanes) is 1. The number of benzene rings is 1. The Morgan fingerprint density at radius 2 is 1.96 bits per heavy atom. The number of fused-ring (bicyclic) bond motifs is 1. The topological polar surface area (TPSA) is 54.7 Å². The molecule has 0 aliphatic heterocycles. The van der Waals surface area contributed by atoms with Gasteiger partial charge in [-0.25, -0.2) is 0 Å². The SMILES string of the molecule is NCCCCc1c(-c2ccncc2Cl)[nH]c2ccc(C(F)(F)F)cc12. The quantitative estimate of drug-likeness (QED) is 0.610. The summed E-state index contributed by atoms with van der Waals surface area (Å²) >= 11 is 6.24. The van der Waals surface area contributed by atoms with Crippen LogP contribution in [-0.2, 0) is 12.6 Å². The third-order valence-electron chi connectivity index (χ3n) is 4.16. The number of aromatic amines is 1. The van der Waals surface area contributed by atoms with Crippen LogP contribution < -0.4 is 5.73 Å². The lowest BCUT2D eigenvalue weighted by molar-refractivity contribution is -0.137. The van der Waals surface area contributed by atoms with Crippen LogP contribution in [0.5, 0.6) is 0 Å². The van der Waals surface area contributed by atoms with Gasteiger partial charge in [0.2, 0.25) is 0 Å². The number of hydrogen-bond donors (Lipinski definition) is 2. The first-order valence-corrected chi connectivity index (χ1v) is 8.31. The van der Waals surface area contributed by atoms with Crippen LogP contribution in [0.1, 0.15) is 24.0 Å². The lowest BCUT2D eigenvalue weighted by atomic mass is 9.99. The Bertz CT molecular complexity index is 887. The normalized spacial score (nSPS) is 12.0. The fourth-order valence-electron chi connectivity index (χ4n) is 2.94. The molecule has 0 radical (unpaired) electrons. The van der Waals surface area contributed by atoms with Gasteiger partial charge < -0.3 is 10.7 Å². The second kappa shape index (κ2) is 7.06. The van der Waals surface area contributed by atoms with Crippen molar-refractivity contribution < 1.29 is 13.2 Å². The maximum absolute atomic E-state index is 13.1. The van der Waals surface area contributed by atoms with Gasteiger partial charge in [-0.15, -0.1) is 0 Å². The highest BCUT2D eigenvalue weighted by atomic mass is 35.5. The molecule has 1 aromatic carbocycles. The first-order valence-electron chi connectivity index (χ1n) is 7.93. The fourth-order valence-corrected chi connectivity index (χ4v) is 3.15. The van der Waals surface area contributed by atoms with Crippen molar-refractivity contribution in [2.45, 2.75) is 25.4 Å². The van der Waals surface area contributed by atoms with E-state index in [0.29, 0.717) is 28.9 Å². The van der Waals surface area contributed by atoms with Crippen LogP contribution in [0.4, 0.5) is 13.2 Å². The number of H-pyrrole nitrogens is 1. The highest BCUT2D eigenvalue weighted by molar-refractivity contribution is 6.33. The smallest absolute Gasteiger partial charge is 0.354 e. The molecule has 0 spiro atoms. The molecule has 3 aromatic rings. The summed E-state index contributed by atoms with van der Waals surface area (Å²) < 4.78 is 39.3. The number of nitrogens with two attached hydrogens (primary N) is 1. The van der Waals surface area contributed by atoms with E-state index in [1.807, 2.05) is 0 Å². The van der Waals surface area contributed by atoms with Crippen molar-refractivity contribution in [3.05, 3.63) is 52.8 Å². The number of nitrogens with zero attached hydrogens (tertiary/aromatic N) is 1. The van der Waals surface area contributed by atoms with E-state index in [1.165, 1.54) is 18.3 Å². The van der Waals surface area contributed by atoms with Gasteiger partial charge in [-0.2, -0.15) is 13.2 Å². The molecule has 7 heteroatoms. The van der Waals surface area contributed by atoms with Gasteiger partial charge in [0, 0.05) is 28.9 Å². The van der Waals surface area contributed by atoms with Crippen LogP contribution in [0, 0.1) is 0 Å². The van der Waals surface area contributed by atoms with Crippen LogP contribution in [0.25, 0.3) is 22.2 Å². The van der Waals surface area contributed by atoms with Gasteiger partial charge in [-0.05, 0) is 55.6 Å². The van der Waals surface area contributed by atoms with Crippen molar-refractivity contribution in [1.82, 2.24) is 9.97 Å². The maximum atomic E-state index is 13.1. The van der Waals surface area contributed by atoms with Crippen molar-refractivity contribution in [1.29, 1.82) is 0 Å². The van der Waals surface area contributed by atoms with Crippen LogP contribution in [0.3, 0.4) is 0 Å². The molecule has 3 nitrogen and oxygen atoms in total. The molecule has 0 aliphatic rings. The van der Waals surface area contributed by atoms with Gasteiger partial charge in [0.25, 0.3) is 0 Å². The van der Waals surface area contributed by atoms with E-state index in [1.54, 1.807) is 12.3 Å². The summed E-state index contributed by atoms with van der Waals surface area (Å²) in [6, 6.07) is 5.50. The van der Waals surface area contributed by atoms with Crippen molar-refractivity contribution in [3.8, 4) is 11.3 Å². The number of aromatic nitrogens is 2. The third-order valence-corrected chi connectivity index (χ3v) is 4.46. The van der Waals surface area contributed by atoms with Crippen LogP contribution in [0.2, 0.25) is 5.02 Å². The van der Waals surface area contributed by atoms with E-state index in [9.17, 15) is 13.2 Å². The summed E-state index contributed by atoms with van der Waals surface area (Å²) in [5.74, 6) is 0. The highest BCUT2D eigenvalue weighted by Gasteiger charge is 2.31. The molecule has 3 N–H and O–H groups in total. The zero-order valence-corrected chi connectivity index (χ0v) is 14.1. The lowest BCUT2D eigenvalue weighted by Crippen LogP contribution is -2.04. The van der Waals surface area contributed by atoms with Gasteiger partial charge in [0.05, 0.1) is 16.3 Å². The fraction of sp³-hybridized carbons (Fsp3) is 0.278. The van der Waals surface area contributed by atoms with Crippen molar-refractivity contribution >= 4 is 22.5 Å². The Labute approximate surface area is 148 Å². The largest absolute Gasteiger partial charge is 0.416 e. The molecule has 3 rings (SSSR count). The average molecular weight is 368 g/mol. The second-order valence-corrected chi connectivity index (χ2v) is 6.25. The van der Waals surface area contributed by atoms with Crippen molar-refractivity contribution in [2.75, 3.05) is 6.54 Å². The average Bonchev–Trinajstić information content (AvgIpc) is 2.92. The summed E-state index contributed by atoms with van der Waals surface area (Å²) in [4.78, 5) is 7.18. The first kappa shape index (κ1) is 17.8. The molecule has 0 aliphatic carbocycles.